The highest BCUT2D eigenvalue weighted by atomic mass is 16.7. The summed E-state index contributed by atoms with van der Waals surface area (Å²) in [5, 5.41) is 3.50. The summed E-state index contributed by atoms with van der Waals surface area (Å²) in [4.78, 5) is 72.5. The second kappa shape index (κ2) is 15.5. The van der Waals surface area contributed by atoms with Crippen molar-refractivity contribution >= 4 is 46.4 Å². The summed E-state index contributed by atoms with van der Waals surface area (Å²) in [6, 6.07) is 41.6. The molecule has 4 aliphatic heterocycles. The van der Waals surface area contributed by atoms with E-state index in [0.717, 1.165) is 67.0 Å². The van der Waals surface area contributed by atoms with Crippen LogP contribution >= 0.6 is 0 Å². The second-order valence-electron chi connectivity index (χ2n) is 17.5. The minimum atomic E-state index is -0.967. The van der Waals surface area contributed by atoms with Crippen molar-refractivity contribution < 1.29 is 28.9 Å². The summed E-state index contributed by atoms with van der Waals surface area (Å²) in [5.41, 5.74) is 12.9. The lowest BCUT2D eigenvalue weighted by atomic mass is 9.85. The molecule has 4 heterocycles. The molecule has 4 amide bonds. The fraction of sp³-hybridized carbons (Fsp3) is 0.245. The Balaban J connectivity index is 0.869. The van der Waals surface area contributed by atoms with E-state index in [-0.39, 0.29) is 23.6 Å². The van der Waals surface area contributed by atoms with E-state index in [1.165, 1.54) is 9.80 Å². The van der Waals surface area contributed by atoms with Crippen molar-refractivity contribution in [3.8, 4) is 0 Å². The molecule has 0 saturated carbocycles. The molecule has 0 bridgehead atoms. The number of nitrogens with zero attached hydrogens (tertiary/aromatic N) is 4. The van der Waals surface area contributed by atoms with Gasteiger partial charge in [0.25, 0.3) is 11.8 Å². The summed E-state index contributed by atoms with van der Waals surface area (Å²) in [7, 11) is 0. The smallest absolute Gasteiger partial charge is 0.266 e. The van der Waals surface area contributed by atoms with Crippen LogP contribution in [0.5, 0.6) is 0 Å². The zero-order chi connectivity index (χ0) is 43.8. The van der Waals surface area contributed by atoms with Gasteiger partial charge in [-0.2, -0.15) is 0 Å². The van der Waals surface area contributed by atoms with Gasteiger partial charge in [-0.25, -0.2) is 19.9 Å². The number of fused-ring (bicyclic) bond motifs is 2. The Morgan fingerprint density at radius 2 is 0.746 bits per heavy atom. The molecule has 6 atom stereocenters. The van der Waals surface area contributed by atoms with E-state index in [1.807, 2.05) is 113 Å². The largest absolute Gasteiger partial charge is 0.273 e. The Morgan fingerprint density at radius 1 is 0.413 bits per heavy atom. The quantitative estimate of drug-likeness (QED) is 0.140. The predicted octanol–water partition coefficient (Wildman–Crippen LogP) is 9.23. The zero-order valence-corrected chi connectivity index (χ0v) is 36.1. The summed E-state index contributed by atoms with van der Waals surface area (Å²) in [6.45, 7) is 12.3. The maximum Gasteiger partial charge on any atom is 0.266 e. The minimum absolute atomic E-state index is 0.292. The first-order valence-corrected chi connectivity index (χ1v) is 21.5. The van der Waals surface area contributed by atoms with Crippen LogP contribution in [-0.2, 0) is 35.3 Å². The highest BCUT2D eigenvalue weighted by molar-refractivity contribution is 6.24. The van der Waals surface area contributed by atoms with Gasteiger partial charge >= 0.3 is 0 Å². The number of amides is 4. The van der Waals surface area contributed by atoms with E-state index in [9.17, 15) is 19.2 Å². The van der Waals surface area contributed by atoms with E-state index in [2.05, 4.69) is 38.1 Å². The Labute approximate surface area is 367 Å². The van der Waals surface area contributed by atoms with Crippen LogP contribution < -0.4 is 19.9 Å². The van der Waals surface area contributed by atoms with Crippen LogP contribution in [-0.4, -0.2) is 35.8 Å². The molecule has 6 aromatic rings. The van der Waals surface area contributed by atoms with Crippen LogP contribution in [0.3, 0.4) is 0 Å². The van der Waals surface area contributed by atoms with Crippen molar-refractivity contribution in [2.24, 2.45) is 11.8 Å². The number of carbonyl (C=O) groups is 4. The van der Waals surface area contributed by atoms with Gasteiger partial charge in [-0.1, -0.05) is 96.1 Å². The molecular formula is C53H48N4O6. The average molecular weight is 837 g/mol. The highest BCUT2D eigenvalue weighted by Crippen LogP contribution is 2.51. The second-order valence-corrected chi connectivity index (χ2v) is 17.5. The van der Waals surface area contributed by atoms with Crippen LogP contribution in [0.2, 0.25) is 0 Å². The molecule has 0 radical (unpaired) electrons. The fourth-order valence-electron chi connectivity index (χ4n) is 10.6. The van der Waals surface area contributed by atoms with E-state index in [0.29, 0.717) is 17.8 Å². The van der Waals surface area contributed by atoms with Gasteiger partial charge in [0.15, 0.2) is 12.2 Å². The molecule has 6 aromatic carbocycles. The van der Waals surface area contributed by atoms with E-state index >= 15 is 0 Å². The molecule has 4 aliphatic rings. The van der Waals surface area contributed by atoms with Crippen molar-refractivity contribution in [3.05, 3.63) is 189 Å². The van der Waals surface area contributed by atoms with Gasteiger partial charge < -0.3 is 0 Å². The molecule has 10 nitrogen and oxygen atoms in total. The van der Waals surface area contributed by atoms with Crippen molar-refractivity contribution in [3.63, 3.8) is 0 Å². The van der Waals surface area contributed by atoms with Crippen LogP contribution in [0.25, 0.3) is 0 Å². The van der Waals surface area contributed by atoms with Gasteiger partial charge in [0.1, 0.15) is 11.8 Å². The number of benzene rings is 6. The maximum atomic E-state index is 14.4. The Hall–Kier alpha value is -6.88. The number of rotatable bonds is 8. The van der Waals surface area contributed by atoms with Gasteiger partial charge in [-0.3, -0.25) is 28.9 Å². The number of hydroxylamine groups is 2. The first-order chi connectivity index (χ1) is 30.4. The van der Waals surface area contributed by atoms with Gasteiger partial charge in [0, 0.05) is 0 Å². The van der Waals surface area contributed by atoms with E-state index in [4.69, 9.17) is 9.68 Å². The third-order valence-corrected chi connectivity index (χ3v) is 13.1. The average Bonchev–Trinajstić information content (AvgIpc) is 3.97. The normalized spacial score (nSPS) is 23.0. The first-order valence-electron chi connectivity index (χ1n) is 21.5. The summed E-state index contributed by atoms with van der Waals surface area (Å²) in [6.07, 6.45) is -1.38. The zero-order valence-electron chi connectivity index (χ0n) is 36.1. The van der Waals surface area contributed by atoms with Crippen LogP contribution in [0.4, 0.5) is 22.7 Å². The Morgan fingerprint density at radius 3 is 1.08 bits per heavy atom. The topological polar surface area (TPSA) is 99.7 Å². The number of para-hydroxylation sites is 2. The number of aryl methyl sites for hydroxylation is 6. The number of hydrogen-bond acceptors (Lipinski definition) is 8. The van der Waals surface area contributed by atoms with Crippen LogP contribution in [0.15, 0.2) is 133 Å². The molecule has 63 heavy (non-hydrogen) atoms. The van der Waals surface area contributed by atoms with Gasteiger partial charge in [0.2, 0.25) is 11.8 Å². The SMILES string of the molecule is Cc1cc(C)c([C@@H]2[C@H]3C(=O)N(c4ccc(Cc5ccc(N6C(=O)[C@H]7[C@H](ON(c8ccccc8)[C@H]7c7c(C)cc(C)cc7C)C6=O)cc5)cc4)C(=O)[C@H]3ON2c2ccccc2)c(C)c1. The minimum Gasteiger partial charge on any atom is -0.273 e. The lowest BCUT2D eigenvalue weighted by molar-refractivity contribution is -0.127. The molecular weight excluding hydrogens is 789 g/mol. The van der Waals surface area contributed by atoms with E-state index in [1.54, 1.807) is 34.4 Å². The predicted molar refractivity (Wildman–Crippen MR) is 242 cm³/mol. The van der Waals surface area contributed by atoms with Crippen LogP contribution in [0.1, 0.15) is 67.7 Å². The number of hydrogen-bond donors (Lipinski definition) is 0. The Bertz CT molecular complexity index is 2570. The molecule has 0 aliphatic carbocycles. The standard InChI is InChI=1S/C53H48N4O6/c1-30-25-32(3)42(33(4)26-30)46-44-48(62-56(46)40-13-9-7-10-14-40)52(60)54(50(44)58)38-21-17-36(18-22-38)29-37-19-23-39(24-20-37)55-51(59)45-47(43-34(5)27-31(2)28-35(43)6)57(63-49(45)53(55)61)41-15-11-8-12-16-41/h7-28,44-49H,29H2,1-6H3/t44-,45-,46-,47+,48+,49+/m1/s1. The lowest BCUT2D eigenvalue weighted by Crippen LogP contribution is -2.37. The molecule has 4 fully saturated rings. The van der Waals surface area contributed by atoms with Crippen LogP contribution in [0, 0.1) is 53.4 Å². The maximum absolute atomic E-state index is 14.4. The van der Waals surface area contributed by atoms with Crippen molar-refractivity contribution in [2.45, 2.75) is 72.3 Å². The van der Waals surface area contributed by atoms with Gasteiger partial charge in [-0.15, -0.1) is 0 Å². The number of anilines is 4. The molecule has 0 spiro atoms. The fourth-order valence-corrected chi connectivity index (χ4v) is 10.6. The van der Waals surface area contributed by atoms with Crippen molar-refractivity contribution in [1.29, 1.82) is 0 Å². The molecule has 0 aromatic heterocycles. The number of carbonyl (C=O) groups excluding carboxylic acids is 4. The first kappa shape index (κ1) is 40.2. The monoisotopic (exact) mass is 836 g/mol. The van der Waals surface area contributed by atoms with E-state index < -0.39 is 36.1 Å². The number of imide groups is 2. The highest BCUT2D eigenvalue weighted by Gasteiger charge is 2.62. The van der Waals surface area contributed by atoms with Gasteiger partial charge in [-0.05, 0) is 141 Å². The molecule has 10 heteroatoms. The summed E-state index contributed by atoms with van der Waals surface area (Å²) >= 11 is 0. The summed E-state index contributed by atoms with van der Waals surface area (Å²) < 4.78 is 0. The summed E-state index contributed by atoms with van der Waals surface area (Å²) in [5.74, 6) is -2.83. The molecule has 10 rings (SSSR count). The van der Waals surface area contributed by atoms with Crippen molar-refractivity contribution in [1.82, 2.24) is 0 Å². The molecule has 0 unspecified atom stereocenters. The Kier molecular flexibility index (Phi) is 9.88. The lowest BCUT2D eigenvalue weighted by Gasteiger charge is -2.31. The molecule has 4 saturated heterocycles. The third kappa shape index (κ3) is 6.63. The van der Waals surface area contributed by atoms with Gasteiger partial charge in [0.05, 0.1) is 34.8 Å². The third-order valence-electron chi connectivity index (χ3n) is 13.1. The molecule has 0 N–H and O–H groups in total. The van der Waals surface area contributed by atoms with Crippen molar-refractivity contribution in [2.75, 3.05) is 19.9 Å². The molecule has 316 valence electrons.